The highest BCUT2D eigenvalue weighted by Gasteiger charge is 2.27. The van der Waals surface area contributed by atoms with E-state index in [-0.39, 0.29) is 6.42 Å². The zero-order valence-corrected chi connectivity index (χ0v) is 14.9. The van der Waals surface area contributed by atoms with Crippen LogP contribution in [0.3, 0.4) is 0 Å². The molecule has 0 N–H and O–H groups in total. The fourth-order valence-corrected chi connectivity index (χ4v) is 3.36. The van der Waals surface area contributed by atoms with Gasteiger partial charge in [-0.2, -0.15) is 4.39 Å². The molecular formula is C19H23F3O4. The van der Waals surface area contributed by atoms with Crippen LogP contribution in [0.5, 0.6) is 5.75 Å². The number of halogens is 3. The molecule has 0 atom stereocenters. The summed E-state index contributed by atoms with van der Waals surface area (Å²) in [5, 5.41) is 0. The molecule has 0 heterocycles. The van der Waals surface area contributed by atoms with Crippen LogP contribution in [0, 0.1) is 29.3 Å². The minimum absolute atomic E-state index is 0.0445. The number of benzene rings is 1. The lowest BCUT2D eigenvalue weighted by atomic mass is 9.79. The highest BCUT2D eigenvalue weighted by atomic mass is 19.2. The van der Waals surface area contributed by atoms with Gasteiger partial charge in [0.1, 0.15) is 11.4 Å². The first-order valence-electron chi connectivity index (χ1n) is 8.83. The number of carbonyl (C=O) groups excluding carboxylic acids is 2. The summed E-state index contributed by atoms with van der Waals surface area (Å²) in [7, 11) is 0.918. The lowest BCUT2D eigenvalue weighted by molar-refractivity contribution is -0.135. The second-order valence-electron chi connectivity index (χ2n) is 6.66. The number of methoxy groups -OCH3 is 1. The highest BCUT2D eigenvalue weighted by Crippen LogP contribution is 2.33. The average Bonchev–Trinajstić information content (AvgIpc) is 2.64. The predicted octanol–water partition coefficient (Wildman–Crippen LogP) is 4.79. The average molecular weight is 372 g/mol. The first kappa shape index (κ1) is 20.3. The molecule has 0 bridgehead atoms. The summed E-state index contributed by atoms with van der Waals surface area (Å²) in [4.78, 5) is 23.2. The van der Waals surface area contributed by atoms with Gasteiger partial charge in [0.25, 0.3) is 0 Å². The van der Waals surface area contributed by atoms with E-state index in [1.165, 1.54) is 0 Å². The zero-order chi connectivity index (χ0) is 19.3. The van der Waals surface area contributed by atoms with Crippen LogP contribution < -0.4 is 4.74 Å². The van der Waals surface area contributed by atoms with Crippen molar-refractivity contribution in [2.24, 2.45) is 11.8 Å². The van der Waals surface area contributed by atoms with Crippen molar-refractivity contribution in [2.45, 2.75) is 51.9 Å². The number of esters is 2. The Balaban J connectivity index is 1.96. The molecule has 144 valence electrons. The fraction of sp³-hybridized carbons (Fsp3) is 0.579. The van der Waals surface area contributed by atoms with E-state index < -0.39 is 40.7 Å². The summed E-state index contributed by atoms with van der Waals surface area (Å²) < 4.78 is 50.6. The van der Waals surface area contributed by atoms with Gasteiger partial charge in [-0.1, -0.05) is 39.0 Å². The molecule has 1 aliphatic carbocycles. The second kappa shape index (κ2) is 9.05. The molecule has 1 aromatic rings. The van der Waals surface area contributed by atoms with Crippen LogP contribution >= 0.6 is 0 Å². The van der Waals surface area contributed by atoms with Gasteiger partial charge in [-0.15, -0.1) is 0 Å². The molecule has 1 saturated carbocycles. The Hall–Kier alpha value is -2.05. The lowest BCUT2D eigenvalue weighted by Gasteiger charge is -2.27. The molecule has 1 aromatic carbocycles. The lowest BCUT2D eigenvalue weighted by Crippen LogP contribution is -2.17. The quantitative estimate of drug-likeness (QED) is 0.409. The van der Waals surface area contributed by atoms with Crippen LogP contribution in [-0.4, -0.2) is 19.0 Å². The van der Waals surface area contributed by atoms with Crippen LogP contribution in [0.2, 0.25) is 0 Å². The summed E-state index contributed by atoms with van der Waals surface area (Å²) in [6.07, 6.45) is 6.15. The molecule has 4 nitrogen and oxygen atoms in total. The van der Waals surface area contributed by atoms with Crippen LogP contribution in [0.1, 0.15) is 62.2 Å². The molecule has 0 saturated heterocycles. The number of hydrogen-bond donors (Lipinski definition) is 0. The van der Waals surface area contributed by atoms with Crippen LogP contribution in [0.4, 0.5) is 13.2 Å². The van der Waals surface area contributed by atoms with Crippen molar-refractivity contribution in [1.29, 1.82) is 0 Å². The van der Waals surface area contributed by atoms with E-state index in [4.69, 9.17) is 4.74 Å². The van der Waals surface area contributed by atoms with Crippen molar-refractivity contribution in [3.05, 3.63) is 29.1 Å². The van der Waals surface area contributed by atoms with Gasteiger partial charge < -0.3 is 9.47 Å². The molecule has 0 aromatic heterocycles. The third-order valence-electron chi connectivity index (χ3n) is 5.04. The Bertz CT molecular complexity index is 667. The summed E-state index contributed by atoms with van der Waals surface area (Å²) >= 11 is 0. The van der Waals surface area contributed by atoms with E-state index in [1.54, 1.807) is 0 Å². The van der Waals surface area contributed by atoms with Gasteiger partial charge in [0.05, 0.1) is 7.11 Å². The van der Waals surface area contributed by atoms with E-state index in [9.17, 15) is 22.8 Å². The standard InChI is InChI=1S/C19H23F3O4/c1-3-11-4-6-12(7-5-11)8-9-15(23)26-14-10-13(20)16(19(24)25-2)18(22)17(14)21/h10-12H,3-9H2,1-2H3. The molecule has 0 spiro atoms. The number of carbonyl (C=O) groups is 2. The highest BCUT2D eigenvalue weighted by molar-refractivity contribution is 5.90. The van der Waals surface area contributed by atoms with Crippen LogP contribution in [0.15, 0.2) is 6.07 Å². The Morgan fingerprint density at radius 1 is 1.08 bits per heavy atom. The Labute approximate surface area is 150 Å². The van der Waals surface area contributed by atoms with Gasteiger partial charge in [0.2, 0.25) is 5.82 Å². The molecule has 0 radical (unpaired) electrons. The molecular weight excluding hydrogens is 349 g/mol. The fourth-order valence-electron chi connectivity index (χ4n) is 3.36. The molecule has 0 aliphatic heterocycles. The van der Waals surface area contributed by atoms with Crippen LogP contribution in [-0.2, 0) is 9.53 Å². The van der Waals surface area contributed by atoms with Crippen molar-refractivity contribution in [2.75, 3.05) is 7.11 Å². The molecule has 26 heavy (non-hydrogen) atoms. The van der Waals surface area contributed by atoms with E-state index >= 15 is 0 Å². The zero-order valence-electron chi connectivity index (χ0n) is 14.9. The van der Waals surface area contributed by atoms with Gasteiger partial charge in [-0.3, -0.25) is 4.79 Å². The molecule has 1 fully saturated rings. The summed E-state index contributed by atoms with van der Waals surface area (Å²) in [5.41, 5.74) is -1.16. The second-order valence-corrected chi connectivity index (χ2v) is 6.66. The molecule has 0 unspecified atom stereocenters. The van der Waals surface area contributed by atoms with E-state index in [2.05, 4.69) is 11.7 Å². The van der Waals surface area contributed by atoms with Gasteiger partial charge in [-0.05, 0) is 18.3 Å². The van der Waals surface area contributed by atoms with Crippen molar-refractivity contribution >= 4 is 11.9 Å². The minimum atomic E-state index is -1.74. The van der Waals surface area contributed by atoms with E-state index in [0.717, 1.165) is 45.1 Å². The van der Waals surface area contributed by atoms with Crippen molar-refractivity contribution < 1.29 is 32.2 Å². The summed E-state index contributed by atoms with van der Waals surface area (Å²) in [6.45, 7) is 2.17. The first-order chi connectivity index (χ1) is 12.4. The smallest absolute Gasteiger partial charge is 0.343 e. The molecule has 7 heteroatoms. The van der Waals surface area contributed by atoms with Gasteiger partial charge in [0, 0.05) is 12.5 Å². The Kier molecular flexibility index (Phi) is 7.06. The Morgan fingerprint density at radius 3 is 2.27 bits per heavy atom. The largest absolute Gasteiger partial charge is 0.465 e. The number of hydrogen-bond acceptors (Lipinski definition) is 4. The maximum atomic E-state index is 13.9. The van der Waals surface area contributed by atoms with E-state index in [0.29, 0.717) is 18.4 Å². The first-order valence-corrected chi connectivity index (χ1v) is 8.83. The summed E-state index contributed by atoms with van der Waals surface area (Å²) in [6, 6.07) is 0.481. The molecule has 2 rings (SSSR count). The minimum Gasteiger partial charge on any atom is -0.465 e. The number of rotatable bonds is 6. The van der Waals surface area contributed by atoms with Crippen LogP contribution in [0.25, 0.3) is 0 Å². The predicted molar refractivity (Wildman–Crippen MR) is 88.3 cm³/mol. The SMILES string of the molecule is CCC1CCC(CCC(=O)Oc2cc(F)c(C(=O)OC)c(F)c2F)CC1. The van der Waals surface area contributed by atoms with Gasteiger partial charge in [0.15, 0.2) is 11.6 Å². The van der Waals surface area contributed by atoms with Gasteiger partial charge >= 0.3 is 11.9 Å². The van der Waals surface area contributed by atoms with Gasteiger partial charge in [-0.25, -0.2) is 13.6 Å². The van der Waals surface area contributed by atoms with Crippen molar-refractivity contribution in [3.8, 4) is 5.75 Å². The Morgan fingerprint density at radius 2 is 1.69 bits per heavy atom. The van der Waals surface area contributed by atoms with Crippen molar-refractivity contribution in [1.82, 2.24) is 0 Å². The maximum absolute atomic E-state index is 13.9. The third kappa shape index (κ3) is 4.77. The summed E-state index contributed by atoms with van der Waals surface area (Å²) in [5.74, 6) is -6.51. The number of ether oxygens (including phenoxy) is 2. The monoisotopic (exact) mass is 372 g/mol. The third-order valence-corrected chi connectivity index (χ3v) is 5.04. The van der Waals surface area contributed by atoms with Crippen molar-refractivity contribution in [3.63, 3.8) is 0 Å². The topological polar surface area (TPSA) is 52.6 Å². The molecule has 0 amide bonds. The van der Waals surface area contributed by atoms with E-state index in [1.807, 2.05) is 0 Å². The normalized spacial score (nSPS) is 19.9. The maximum Gasteiger partial charge on any atom is 0.343 e. The molecule has 1 aliphatic rings.